The number of likely N-dealkylation sites (N-methyl/N-ethyl adjacent to an activating group) is 1. The van der Waals surface area contributed by atoms with Crippen molar-refractivity contribution < 1.29 is 14.7 Å². The van der Waals surface area contributed by atoms with Gasteiger partial charge in [-0.2, -0.15) is 0 Å². The number of urea groups is 1. The second-order valence-electron chi connectivity index (χ2n) is 6.06. The van der Waals surface area contributed by atoms with Gasteiger partial charge in [-0.15, -0.1) is 0 Å². The number of carbonyl (C=O) groups excluding carboxylic acids is 1. The number of carboxylic acid groups (broad SMARTS) is 1. The maximum atomic E-state index is 12.3. The van der Waals surface area contributed by atoms with E-state index < -0.39 is 11.5 Å². The van der Waals surface area contributed by atoms with E-state index in [4.69, 9.17) is 5.11 Å². The summed E-state index contributed by atoms with van der Waals surface area (Å²) >= 11 is 0. The number of carbonyl (C=O) groups is 2. The van der Waals surface area contributed by atoms with Crippen molar-refractivity contribution in [1.82, 2.24) is 15.1 Å². The van der Waals surface area contributed by atoms with Crippen molar-refractivity contribution in [1.29, 1.82) is 0 Å². The number of amides is 2. The van der Waals surface area contributed by atoms with Gasteiger partial charge in [-0.1, -0.05) is 6.92 Å². The summed E-state index contributed by atoms with van der Waals surface area (Å²) in [4.78, 5) is 27.4. The SMILES string of the molecule is CCN1CCN(C(=O)NC2(CC(=O)O)CCC2)CC1C. The van der Waals surface area contributed by atoms with Crippen LogP contribution in [0.3, 0.4) is 0 Å². The number of hydrogen-bond donors (Lipinski definition) is 2. The summed E-state index contributed by atoms with van der Waals surface area (Å²) in [5.74, 6) is -0.839. The Labute approximate surface area is 120 Å². The first-order chi connectivity index (χ1) is 9.46. The number of nitrogens with zero attached hydrogens (tertiary/aromatic N) is 2. The number of nitrogens with one attached hydrogen (secondary N) is 1. The molecule has 2 aliphatic rings. The lowest BCUT2D eigenvalue weighted by molar-refractivity contribution is -0.139. The minimum Gasteiger partial charge on any atom is -0.481 e. The third kappa shape index (κ3) is 3.23. The van der Waals surface area contributed by atoms with Gasteiger partial charge in [0.15, 0.2) is 0 Å². The molecule has 2 N–H and O–H groups in total. The molecule has 0 aromatic heterocycles. The van der Waals surface area contributed by atoms with Crippen molar-refractivity contribution in [3.05, 3.63) is 0 Å². The van der Waals surface area contributed by atoms with Crippen LogP contribution in [0.5, 0.6) is 0 Å². The van der Waals surface area contributed by atoms with Crippen LogP contribution in [0.2, 0.25) is 0 Å². The lowest BCUT2D eigenvalue weighted by Crippen LogP contribution is -2.61. The van der Waals surface area contributed by atoms with Gasteiger partial charge in [-0.3, -0.25) is 9.69 Å². The van der Waals surface area contributed by atoms with E-state index in [0.717, 1.165) is 32.4 Å². The smallest absolute Gasteiger partial charge is 0.317 e. The molecular weight excluding hydrogens is 258 g/mol. The predicted molar refractivity (Wildman–Crippen MR) is 75.6 cm³/mol. The van der Waals surface area contributed by atoms with Gasteiger partial charge in [0.2, 0.25) is 0 Å². The molecule has 1 atom stereocenters. The van der Waals surface area contributed by atoms with E-state index in [1.165, 1.54) is 0 Å². The fourth-order valence-corrected chi connectivity index (χ4v) is 3.19. The van der Waals surface area contributed by atoms with Crippen molar-refractivity contribution in [2.24, 2.45) is 0 Å². The Balaban J connectivity index is 1.90. The topological polar surface area (TPSA) is 72.9 Å². The van der Waals surface area contributed by atoms with Gasteiger partial charge in [0.05, 0.1) is 12.0 Å². The summed E-state index contributed by atoms with van der Waals surface area (Å²) in [6, 6.07) is 0.255. The minimum atomic E-state index is -0.839. The fraction of sp³-hybridized carbons (Fsp3) is 0.857. The Morgan fingerprint density at radius 3 is 2.50 bits per heavy atom. The number of carboxylic acids is 1. The highest BCUT2D eigenvalue weighted by molar-refractivity contribution is 5.77. The Hall–Kier alpha value is -1.30. The second-order valence-corrected chi connectivity index (χ2v) is 6.06. The Kier molecular flexibility index (Phi) is 4.52. The molecule has 1 saturated carbocycles. The van der Waals surface area contributed by atoms with Gasteiger partial charge in [0.25, 0.3) is 0 Å². The quantitative estimate of drug-likeness (QED) is 0.811. The first-order valence-corrected chi connectivity index (χ1v) is 7.49. The number of piperazine rings is 1. The molecule has 1 heterocycles. The van der Waals surface area contributed by atoms with Crippen LogP contribution in [-0.2, 0) is 4.79 Å². The summed E-state index contributed by atoms with van der Waals surface area (Å²) in [7, 11) is 0. The standard InChI is InChI=1S/C14H25N3O3/c1-3-16-7-8-17(10-11(16)2)13(20)15-14(5-4-6-14)9-12(18)19/h11H,3-10H2,1-2H3,(H,15,20)(H,18,19). The highest BCUT2D eigenvalue weighted by Gasteiger charge is 2.41. The number of hydrogen-bond acceptors (Lipinski definition) is 3. The van der Waals surface area contributed by atoms with Crippen molar-refractivity contribution in [2.45, 2.75) is 51.1 Å². The van der Waals surface area contributed by atoms with Crippen LogP contribution >= 0.6 is 0 Å². The van der Waals surface area contributed by atoms with Crippen LogP contribution < -0.4 is 5.32 Å². The van der Waals surface area contributed by atoms with Crippen LogP contribution in [0, 0.1) is 0 Å². The van der Waals surface area contributed by atoms with E-state index >= 15 is 0 Å². The van der Waals surface area contributed by atoms with Crippen LogP contribution in [0.1, 0.15) is 39.5 Å². The fourth-order valence-electron chi connectivity index (χ4n) is 3.19. The first kappa shape index (κ1) is 15.1. The molecular formula is C14H25N3O3. The predicted octanol–water partition coefficient (Wildman–Crippen LogP) is 1.12. The molecule has 0 aromatic carbocycles. The largest absolute Gasteiger partial charge is 0.481 e. The van der Waals surface area contributed by atoms with E-state index in [0.29, 0.717) is 19.1 Å². The van der Waals surface area contributed by atoms with Crippen molar-refractivity contribution in [3.8, 4) is 0 Å². The third-order valence-electron chi connectivity index (χ3n) is 4.63. The van der Waals surface area contributed by atoms with Crippen molar-refractivity contribution >= 4 is 12.0 Å². The van der Waals surface area contributed by atoms with E-state index in [9.17, 15) is 9.59 Å². The summed E-state index contributed by atoms with van der Waals surface area (Å²) in [5.41, 5.74) is -0.506. The summed E-state index contributed by atoms with van der Waals surface area (Å²) in [5, 5.41) is 11.9. The average molecular weight is 283 g/mol. The van der Waals surface area contributed by atoms with Gasteiger partial charge >= 0.3 is 12.0 Å². The molecule has 1 aliphatic carbocycles. The van der Waals surface area contributed by atoms with Gasteiger partial charge in [-0.25, -0.2) is 4.79 Å². The summed E-state index contributed by atoms with van der Waals surface area (Å²) in [6.07, 6.45) is 2.57. The maximum Gasteiger partial charge on any atom is 0.317 e. The van der Waals surface area contributed by atoms with E-state index in [1.54, 1.807) is 0 Å². The molecule has 6 heteroatoms. The second kappa shape index (κ2) is 5.99. The lowest BCUT2D eigenvalue weighted by Gasteiger charge is -2.45. The highest BCUT2D eigenvalue weighted by Crippen LogP contribution is 2.35. The molecule has 20 heavy (non-hydrogen) atoms. The number of aliphatic carboxylic acids is 1. The molecule has 1 aliphatic heterocycles. The minimum absolute atomic E-state index is 0.0310. The lowest BCUT2D eigenvalue weighted by atomic mass is 9.74. The van der Waals surface area contributed by atoms with E-state index in [-0.39, 0.29) is 12.5 Å². The van der Waals surface area contributed by atoms with Crippen LogP contribution in [0.25, 0.3) is 0 Å². The summed E-state index contributed by atoms with van der Waals surface area (Å²) < 4.78 is 0. The van der Waals surface area contributed by atoms with E-state index in [1.807, 2.05) is 4.90 Å². The van der Waals surface area contributed by atoms with Crippen LogP contribution in [0.15, 0.2) is 0 Å². The molecule has 1 saturated heterocycles. The molecule has 0 spiro atoms. The van der Waals surface area contributed by atoms with Gasteiger partial charge < -0.3 is 15.3 Å². The zero-order valence-electron chi connectivity index (χ0n) is 12.4. The Bertz CT molecular complexity index is 382. The molecule has 2 amide bonds. The molecule has 2 rings (SSSR count). The molecule has 2 fully saturated rings. The van der Waals surface area contributed by atoms with Crippen LogP contribution in [-0.4, -0.2) is 64.7 Å². The maximum absolute atomic E-state index is 12.3. The molecule has 6 nitrogen and oxygen atoms in total. The van der Waals surface area contributed by atoms with Crippen LogP contribution in [0.4, 0.5) is 4.79 Å². The summed E-state index contributed by atoms with van der Waals surface area (Å²) in [6.45, 7) is 7.56. The van der Waals surface area contributed by atoms with E-state index in [2.05, 4.69) is 24.1 Å². The zero-order valence-corrected chi connectivity index (χ0v) is 12.4. The monoisotopic (exact) mass is 283 g/mol. The van der Waals surface area contributed by atoms with Crippen molar-refractivity contribution in [3.63, 3.8) is 0 Å². The Morgan fingerprint density at radius 2 is 2.05 bits per heavy atom. The van der Waals surface area contributed by atoms with Gasteiger partial charge in [-0.05, 0) is 32.7 Å². The Morgan fingerprint density at radius 1 is 1.35 bits per heavy atom. The molecule has 0 radical (unpaired) electrons. The number of rotatable bonds is 4. The third-order valence-corrected chi connectivity index (χ3v) is 4.63. The van der Waals surface area contributed by atoms with Gasteiger partial charge in [0, 0.05) is 25.7 Å². The zero-order chi connectivity index (χ0) is 14.8. The highest BCUT2D eigenvalue weighted by atomic mass is 16.4. The first-order valence-electron chi connectivity index (χ1n) is 7.49. The molecule has 1 unspecified atom stereocenters. The average Bonchev–Trinajstić information content (AvgIpc) is 2.35. The normalized spacial score (nSPS) is 25.9. The molecule has 0 aromatic rings. The van der Waals surface area contributed by atoms with Gasteiger partial charge in [0.1, 0.15) is 0 Å². The van der Waals surface area contributed by atoms with Crippen molar-refractivity contribution in [2.75, 3.05) is 26.2 Å². The molecule has 0 bridgehead atoms. The molecule has 114 valence electrons.